The molecule has 16 heavy (non-hydrogen) atoms. The summed E-state index contributed by atoms with van der Waals surface area (Å²) in [4.78, 5) is 10.6. The molecule has 0 spiro atoms. The summed E-state index contributed by atoms with van der Waals surface area (Å²) in [7, 11) is 0. The highest BCUT2D eigenvalue weighted by Gasteiger charge is 1.90. The molecule has 1 aromatic carbocycles. The van der Waals surface area contributed by atoms with Gasteiger partial charge in [0.05, 0.1) is 0 Å². The summed E-state index contributed by atoms with van der Waals surface area (Å²) in [6.07, 6.45) is 10.1. The van der Waals surface area contributed by atoms with Crippen LogP contribution in [0.4, 0.5) is 0 Å². The van der Waals surface area contributed by atoms with Gasteiger partial charge >= 0.3 is 0 Å². The standard InChI is InChI=1S/C14H15NO/c1-3-13-8-6-9-14(11-13)7-4-5-10-15-12(2)16/h1,4,6-9,11H,5,10H2,2H3,(H,15,16). The van der Waals surface area contributed by atoms with Crippen molar-refractivity contribution in [2.24, 2.45) is 0 Å². The lowest BCUT2D eigenvalue weighted by atomic mass is 10.1. The van der Waals surface area contributed by atoms with Gasteiger partial charge in [0.2, 0.25) is 5.91 Å². The van der Waals surface area contributed by atoms with Crippen molar-refractivity contribution in [3.05, 3.63) is 41.5 Å². The molecule has 0 aromatic heterocycles. The zero-order chi connectivity index (χ0) is 11.8. The van der Waals surface area contributed by atoms with Crippen LogP contribution in [0.2, 0.25) is 0 Å². The minimum Gasteiger partial charge on any atom is -0.356 e. The van der Waals surface area contributed by atoms with Crippen LogP contribution in [0.25, 0.3) is 6.08 Å². The summed E-state index contributed by atoms with van der Waals surface area (Å²) in [5.74, 6) is 2.60. The summed E-state index contributed by atoms with van der Waals surface area (Å²) < 4.78 is 0. The highest BCUT2D eigenvalue weighted by atomic mass is 16.1. The van der Waals surface area contributed by atoms with E-state index in [1.54, 1.807) is 0 Å². The number of hydrogen-bond donors (Lipinski definition) is 1. The molecule has 0 aliphatic rings. The monoisotopic (exact) mass is 213 g/mol. The predicted octanol–water partition coefficient (Wildman–Crippen LogP) is 2.21. The molecular formula is C14H15NO. The van der Waals surface area contributed by atoms with E-state index in [4.69, 9.17) is 6.42 Å². The van der Waals surface area contributed by atoms with Crippen molar-refractivity contribution in [2.45, 2.75) is 13.3 Å². The molecule has 2 heteroatoms. The Morgan fingerprint density at radius 2 is 2.38 bits per heavy atom. The van der Waals surface area contributed by atoms with Crippen LogP contribution in [0.5, 0.6) is 0 Å². The van der Waals surface area contributed by atoms with Gasteiger partial charge in [-0.2, -0.15) is 0 Å². The van der Waals surface area contributed by atoms with Crippen LogP contribution in [0.1, 0.15) is 24.5 Å². The number of benzene rings is 1. The van der Waals surface area contributed by atoms with E-state index in [0.29, 0.717) is 6.54 Å². The minimum atomic E-state index is 0.00253. The Hall–Kier alpha value is -2.01. The van der Waals surface area contributed by atoms with Crippen molar-refractivity contribution in [3.63, 3.8) is 0 Å². The Bertz CT molecular complexity index is 427. The highest BCUT2D eigenvalue weighted by Crippen LogP contribution is 2.06. The molecule has 0 radical (unpaired) electrons. The van der Waals surface area contributed by atoms with E-state index in [1.807, 2.05) is 36.4 Å². The summed E-state index contributed by atoms with van der Waals surface area (Å²) >= 11 is 0. The molecule has 1 rings (SSSR count). The maximum Gasteiger partial charge on any atom is 0.216 e. The first-order chi connectivity index (χ1) is 7.72. The number of nitrogens with one attached hydrogen (secondary N) is 1. The summed E-state index contributed by atoms with van der Waals surface area (Å²) in [5, 5.41) is 2.73. The average Bonchev–Trinajstić information content (AvgIpc) is 2.28. The van der Waals surface area contributed by atoms with Crippen molar-refractivity contribution >= 4 is 12.0 Å². The SMILES string of the molecule is C#Cc1cccc(C=CCCNC(C)=O)c1. The van der Waals surface area contributed by atoms with E-state index < -0.39 is 0 Å². The molecule has 0 saturated carbocycles. The molecular weight excluding hydrogens is 198 g/mol. The van der Waals surface area contributed by atoms with E-state index in [2.05, 4.69) is 11.2 Å². The molecule has 82 valence electrons. The predicted molar refractivity (Wildman–Crippen MR) is 66.7 cm³/mol. The summed E-state index contributed by atoms with van der Waals surface area (Å²) in [6, 6.07) is 7.78. The average molecular weight is 213 g/mol. The maximum absolute atomic E-state index is 10.6. The molecule has 0 aliphatic carbocycles. The second-order valence-electron chi connectivity index (χ2n) is 3.44. The molecule has 1 N–H and O–H groups in total. The van der Waals surface area contributed by atoms with E-state index in [0.717, 1.165) is 17.5 Å². The Morgan fingerprint density at radius 1 is 1.56 bits per heavy atom. The zero-order valence-electron chi connectivity index (χ0n) is 9.36. The Labute approximate surface area is 96.4 Å². The second kappa shape index (κ2) is 6.47. The maximum atomic E-state index is 10.6. The molecule has 1 amide bonds. The topological polar surface area (TPSA) is 29.1 Å². The first-order valence-corrected chi connectivity index (χ1v) is 5.20. The molecule has 0 unspecified atom stereocenters. The lowest BCUT2D eigenvalue weighted by Gasteiger charge is -1.97. The van der Waals surface area contributed by atoms with E-state index in [-0.39, 0.29) is 5.91 Å². The lowest BCUT2D eigenvalue weighted by Crippen LogP contribution is -2.20. The largest absolute Gasteiger partial charge is 0.356 e. The molecule has 0 heterocycles. The van der Waals surface area contributed by atoms with Crippen LogP contribution in [-0.4, -0.2) is 12.5 Å². The van der Waals surface area contributed by atoms with Gasteiger partial charge in [-0.25, -0.2) is 0 Å². The van der Waals surface area contributed by atoms with Gasteiger partial charge < -0.3 is 5.32 Å². The van der Waals surface area contributed by atoms with Crippen molar-refractivity contribution in [2.75, 3.05) is 6.54 Å². The van der Waals surface area contributed by atoms with Crippen LogP contribution >= 0.6 is 0 Å². The summed E-state index contributed by atoms with van der Waals surface area (Å²) in [5.41, 5.74) is 1.96. The number of rotatable bonds is 4. The van der Waals surface area contributed by atoms with Gasteiger partial charge in [0, 0.05) is 19.0 Å². The Kier molecular flexibility index (Phi) is 4.88. The molecule has 0 atom stereocenters. The second-order valence-corrected chi connectivity index (χ2v) is 3.44. The van der Waals surface area contributed by atoms with E-state index in [9.17, 15) is 4.79 Å². The van der Waals surface area contributed by atoms with E-state index >= 15 is 0 Å². The van der Waals surface area contributed by atoms with Gasteiger partial charge in [-0.1, -0.05) is 30.2 Å². The van der Waals surface area contributed by atoms with Gasteiger partial charge in [0.15, 0.2) is 0 Å². The van der Waals surface area contributed by atoms with Crippen molar-refractivity contribution in [3.8, 4) is 12.3 Å². The molecule has 1 aromatic rings. The minimum absolute atomic E-state index is 0.00253. The number of hydrogen-bond acceptors (Lipinski definition) is 1. The lowest BCUT2D eigenvalue weighted by molar-refractivity contribution is -0.118. The third-order valence-corrected chi connectivity index (χ3v) is 2.05. The van der Waals surface area contributed by atoms with Gasteiger partial charge in [-0.3, -0.25) is 4.79 Å². The first-order valence-electron chi connectivity index (χ1n) is 5.20. The fraction of sp³-hybridized carbons (Fsp3) is 0.214. The van der Waals surface area contributed by atoms with E-state index in [1.165, 1.54) is 6.92 Å². The molecule has 0 bridgehead atoms. The van der Waals surface area contributed by atoms with Gasteiger partial charge in [0.25, 0.3) is 0 Å². The third-order valence-electron chi connectivity index (χ3n) is 2.05. The van der Waals surface area contributed by atoms with Crippen molar-refractivity contribution in [1.82, 2.24) is 5.32 Å². The fourth-order valence-electron chi connectivity index (χ4n) is 1.28. The first kappa shape index (κ1) is 12.1. The molecule has 2 nitrogen and oxygen atoms in total. The van der Waals surface area contributed by atoms with Crippen LogP contribution in [-0.2, 0) is 4.79 Å². The Morgan fingerprint density at radius 3 is 3.06 bits per heavy atom. The fourth-order valence-corrected chi connectivity index (χ4v) is 1.28. The van der Waals surface area contributed by atoms with Crippen LogP contribution in [0, 0.1) is 12.3 Å². The molecule has 0 fully saturated rings. The summed E-state index contributed by atoms with van der Waals surface area (Å²) in [6.45, 7) is 2.18. The number of carbonyl (C=O) groups excluding carboxylic acids is 1. The number of amides is 1. The number of carbonyl (C=O) groups is 1. The van der Waals surface area contributed by atoms with Gasteiger partial charge in [-0.15, -0.1) is 6.42 Å². The normalized spacial score (nSPS) is 10.0. The smallest absolute Gasteiger partial charge is 0.216 e. The molecule has 0 saturated heterocycles. The van der Waals surface area contributed by atoms with Crippen molar-refractivity contribution < 1.29 is 4.79 Å². The quantitative estimate of drug-likeness (QED) is 0.603. The van der Waals surface area contributed by atoms with Crippen LogP contribution in [0.15, 0.2) is 30.3 Å². The molecule has 0 aliphatic heterocycles. The van der Waals surface area contributed by atoms with Gasteiger partial charge in [-0.05, 0) is 24.1 Å². The van der Waals surface area contributed by atoms with Crippen molar-refractivity contribution in [1.29, 1.82) is 0 Å². The van der Waals surface area contributed by atoms with Crippen LogP contribution in [0.3, 0.4) is 0 Å². The zero-order valence-corrected chi connectivity index (χ0v) is 9.36. The highest BCUT2D eigenvalue weighted by molar-refractivity contribution is 5.72. The van der Waals surface area contributed by atoms with Gasteiger partial charge in [0.1, 0.15) is 0 Å². The number of terminal acetylenes is 1. The third kappa shape index (κ3) is 4.47. The Balaban J connectivity index is 2.44. The van der Waals surface area contributed by atoms with Crippen LogP contribution < -0.4 is 5.32 Å².